The van der Waals surface area contributed by atoms with Gasteiger partial charge in [0.15, 0.2) is 0 Å². The van der Waals surface area contributed by atoms with Gasteiger partial charge in [-0.1, -0.05) is 18.2 Å². The number of hydrogen-bond acceptors (Lipinski definition) is 2. The van der Waals surface area contributed by atoms with Crippen LogP contribution in [-0.4, -0.2) is 5.91 Å². The van der Waals surface area contributed by atoms with Crippen LogP contribution in [0, 0.1) is 0 Å². The smallest absolute Gasteiger partial charge is 0.255 e. The lowest BCUT2D eigenvalue weighted by molar-refractivity contribution is 0.102. The molecule has 1 aliphatic carbocycles. The molecule has 0 aromatic heterocycles. The minimum atomic E-state index is -0.101. The van der Waals surface area contributed by atoms with Crippen molar-refractivity contribution in [2.24, 2.45) is 0 Å². The van der Waals surface area contributed by atoms with Crippen LogP contribution in [-0.2, 0) is 12.8 Å². The number of nitrogens with two attached hydrogens (primary N) is 1. The molecule has 2 aromatic carbocycles. The summed E-state index contributed by atoms with van der Waals surface area (Å²) in [6, 6.07) is 13.2. The van der Waals surface area contributed by atoms with E-state index in [-0.39, 0.29) is 5.91 Å². The Labute approximate surface area is 118 Å². The maximum atomic E-state index is 12.3. The molecule has 1 amide bonds. The topological polar surface area (TPSA) is 55.1 Å². The first-order valence-corrected chi connectivity index (χ1v) is 7.02. The van der Waals surface area contributed by atoms with Gasteiger partial charge < -0.3 is 11.1 Å². The normalized spacial score (nSPS) is 13.6. The molecule has 3 N–H and O–H groups in total. The highest BCUT2D eigenvalue weighted by atomic mass is 16.1. The van der Waals surface area contributed by atoms with Gasteiger partial charge in [0, 0.05) is 16.9 Å². The van der Waals surface area contributed by atoms with Crippen LogP contribution in [0.15, 0.2) is 42.5 Å². The number of nitrogen functional groups attached to an aromatic ring is 1. The fourth-order valence-corrected chi connectivity index (χ4v) is 2.77. The number of carbonyl (C=O) groups excluding carboxylic acids is 1. The Balaban J connectivity index is 1.86. The van der Waals surface area contributed by atoms with E-state index in [9.17, 15) is 4.79 Å². The van der Waals surface area contributed by atoms with Gasteiger partial charge in [0.1, 0.15) is 0 Å². The Hall–Kier alpha value is -2.29. The number of rotatable bonds is 2. The van der Waals surface area contributed by atoms with Crippen molar-refractivity contribution in [3.05, 3.63) is 59.2 Å². The van der Waals surface area contributed by atoms with Crippen molar-refractivity contribution < 1.29 is 4.79 Å². The van der Waals surface area contributed by atoms with E-state index in [0.717, 1.165) is 18.5 Å². The van der Waals surface area contributed by atoms with Crippen LogP contribution in [0.5, 0.6) is 0 Å². The maximum Gasteiger partial charge on any atom is 0.255 e. The summed E-state index contributed by atoms with van der Waals surface area (Å²) < 4.78 is 0. The summed E-state index contributed by atoms with van der Waals surface area (Å²) in [6.07, 6.45) is 4.58. The van der Waals surface area contributed by atoms with E-state index < -0.39 is 0 Å². The van der Waals surface area contributed by atoms with Gasteiger partial charge in [0.25, 0.3) is 5.91 Å². The lowest BCUT2D eigenvalue weighted by Gasteiger charge is -2.19. The number of aryl methyl sites for hydroxylation is 1. The molecule has 102 valence electrons. The van der Waals surface area contributed by atoms with Gasteiger partial charge in [-0.15, -0.1) is 0 Å². The van der Waals surface area contributed by atoms with Crippen LogP contribution in [0.25, 0.3) is 0 Å². The zero-order chi connectivity index (χ0) is 13.9. The Kier molecular flexibility index (Phi) is 3.42. The van der Waals surface area contributed by atoms with Crippen molar-refractivity contribution in [2.45, 2.75) is 25.7 Å². The van der Waals surface area contributed by atoms with E-state index in [1.54, 1.807) is 24.3 Å². The second-order valence-corrected chi connectivity index (χ2v) is 5.23. The fraction of sp³-hybridized carbons (Fsp3) is 0.235. The third-order valence-corrected chi connectivity index (χ3v) is 3.79. The van der Waals surface area contributed by atoms with Crippen molar-refractivity contribution in [1.29, 1.82) is 0 Å². The molecule has 0 atom stereocenters. The summed E-state index contributed by atoms with van der Waals surface area (Å²) in [5.41, 5.74) is 10.5. The van der Waals surface area contributed by atoms with Crippen LogP contribution >= 0.6 is 0 Å². The second-order valence-electron chi connectivity index (χ2n) is 5.23. The molecule has 0 heterocycles. The average molecular weight is 266 g/mol. The van der Waals surface area contributed by atoms with E-state index >= 15 is 0 Å². The van der Waals surface area contributed by atoms with Crippen molar-refractivity contribution in [3.63, 3.8) is 0 Å². The Bertz CT molecular complexity index is 649. The molecule has 0 saturated carbocycles. The molecule has 0 unspecified atom stereocenters. The third kappa shape index (κ3) is 2.52. The van der Waals surface area contributed by atoms with E-state index in [2.05, 4.69) is 11.4 Å². The van der Waals surface area contributed by atoms with Crippen LogP contribution < -0.4 is 11.1 Å². The molecule has 0 fully saturated rings. The molecule has 1 aliphatic rings. The SMILES string of the molecule is Nc1cccc(C(=O)Nc2cccc3c2CCCC3)c1. The standard InChI is InChI=1S/C17H18N2O/c18-14-8-3-7-13(11-14)17(20)19-16-10-4-6-12-5-1-2-9-15(12)16/h3-4,6-8,10-11H,1-2,5,9,18H2,(H,19,20). The van der Waals surface area contributed by atoms with E-state index in [1.807, 2.05) is 12.1 Å². The lowest BCUT2D eigenvalue weighted by atomic mass is 9.90. The molecule has 3 nitrogen and oxygen atoms in total. The van der Waals surface area contributed by atoms with E-state index in [1.165, 1.54) is 24.0 Å². The number of fused-ring (bicyclic) bond motifs is 1. The first-order chi connectivity index (χ1) is 9.74. The first kappa shape index (κ1) is 12.7. The highest BCUT2D eigenvalue weighted by Gasteiger charge is 2.15. The quantitative estimate of drug-likeness (QED) is 0.818. The number of nitrogens with one attached hydrogen (secondary N) is 1. The van der Waals surface area contributed by atoms with Crippen molar-refractivity contribution in [2.75, 3.05) is 11.1 Å². The minimum absolute atomic E-state index is 0.101. The minimum Gasteiger partial charge on any atom is -0.399 e. The van der Waals surface area contributed by atoms with E-state index in [4.69, 9.17) is 5.73 Å². The number of amides is 1. The Morgan fingerprint density at radius 3 is 2.70 bits per heavy atom. The number of hydrogen-bond donors (Lipinski definition) is 2. The highest BCUT2D eigenvalue weighted by Crippen LogP contribution is 2.28. The summed E-state index contributed by atoms with van der Waals surface area (Å²) in [6.45, 7) is 0. The van der Waals surface area contributed by atoms with Crippen LogP contribution in [0.2, 0.25) is 0 Å². The molecule has 0 spiro atoms. The molecule has 0 saturated heterocycles. The van der Waals surface area contributed by atoms with Gasteiger partial charge in [-0.3, -0.25) is 4.79 Å². The van der Waals surface area contributed by atoms with Gasteiger partial charge in [-0.05, 0) is 61.1 Å². The first-order valence-electron chi connectivity index (χ1n) is 7.02. The third-order valence-electron chi connectivity index (χ3n) is 3.79. The zero-order valence-corrected chi connectivity index (χ0v) is 11.4. The monoisotopic (exact) mass is 266 g/mol. The summed E-state index contributed by atoms with van der Waals surface area (Å²) >= 11 is 0. The molecule has 0 bridgehead atoms. The largest absolute Gasteiger partial charge is 0.399 e. The summed E-state index contributed by atoms with van der Waals surface area (Å²) in [7, 11) is 0. The Morgan fingerprint density at radius 1 is 1.05 bits per heavy atom. The summed E-state index contributed by atoms with van der Waals surface area (Å²) in [5.74, 6) is -0.101. The summed E-state index contributed by atoms with van der Waals surface area (Å²) in [4.78, 5) is 12.3. The Morgan fingerprint density at radius 2 is 1.85 bits per heavy atom. The van der Waals surface area contributed by atoms with Gasteiger partial charge in [-0.2, -0.15) is 0 Å². The number of carbonyl (C=O) groups is 1. The predicted octanol–water partition coefficient (Wildman–Crippen LogP) is 3.40. The average Bonchev–Trinajstić information content (AvgIpc) is 2.47. The number of anilines is 2. The van der Waals surface area contributed by atoms with Crippen molar-refractivity contribution in [3.8, 4) is 0 Å². The van der Waals surface area contributed by atoms with Gasteiger partial charge in [-0.25, -0.2) is 0 Å². The van der Waals surface area contributed by atoms with Crippen molar-refractivity contribution in [1.82, 2.24) is 0 Å². The van der Waals surface area contributed by atoms with Gasteiger partial charge in [0.2, 0.25) is 0 Å². The maximum absolute atomic E-state index is 12.3. The predicted molar refractivity (Wildman–Crippen MR) is 81.9 cm³/mol. The van der Waals surface area contributed by atoms with Gasteiger partial charge in [0.05, 0.1) is 0 Å². The molecule has 2 aromatic rings. The summed E-state index contributed by atoms with van der Waals surface area (Å²) in [5, 5.41) is 3.02. The molecule has 3 rings (SSSR count). The van der Waals surface area contributed by atoms with Gasteiger partial charge >= 0.3 is 0 Å². The van der Waals surface area contributed by atoms with Crippen LogP contribution in [0.1, 0.15) is 34.3 Å². The lowest BCUT2D eigenvalue weighted by Crippen LogP contribution is -2.15. The molecule has 0 radical (unpaired) electrons. The number of benzene rings is 2. The second kappa shape index (κ2) is 5.37. The molecule has 3 heteroatoms. The molecular weight excluding hydrogens is 248 g/mol. The highest BCUT2D eigenvalue weighted by molar-refractivity contribution is 6.05. The van der Waals surface area contributed by atoms with Crippen LogP contribution in [0.4, 0.5) is 11.4 Å². The molecule has 20 heavy (non-hydrogen) atoms. The zero-order valence-electron chi connectivity index (χ0n) is 11.4. The van der Waals surface area contributed by atoms with Crippen molar-refractivity contribution >= 4 is 17.3 Å². The van der Waals surface area contributed by atoms with Crippen LogP contribution in [0.3, 0.4) is 0 Å². The molecule has 0 aliphatic heterocycles. The molecular formula is C17H18N2O. The fourth-order valence-electron chi connectivity index (χ4n) is 2.77. The van der Waals surface area contributed by atoms with E-state index in [0.29, 0.717) is 11.3 Å².